The van der Waals surface area contributed by atoms with Crippen LogP contribution < -0.4 is 5.32 Å². The molecule has 2 rings (SSSR count). The number of nitrogens with zero attached hydrogens (tertiary/aromatic N) is 4. The zero-order valence-electron chi connectivity index (χ0n) is 12.8. The molecule has 0 spiro atoms. The summed E-state index contributed by atoms with van der Waals surface area (Å²) in [4.78, 5) is 9.36. The van der Waals surface area contributed by atoms with Crippen LogP contribution in [0, 0.1) is 6.92 Å². The predicted molar refractivity (Wildman–Crippen MR) is 81.8 cm³/mol. The second-order valence-electron chi connectivity index (χ2n) is 4.78. The Morgan fingerprint density at radius 2 is 2.00 bits per heavy atom. The zero-order valence-corrected chi connectivity index (χ0v) is 12.8. The quantitative estimate of drug-likeness (QED) is 0.879. The molecule has 2 heterocycles. The molecule has 0 aliphatic carbocycles. The van der Waals surface area contributed by atoms with Crippen LogP contribution in [-0.4, -0.2) is 26.3 Å². The summed E-state index contributed by atoms with van der Waals surface area (Å²) in [5.74, 6) is 1.70. The lowest BCUT2D eigenvalue weighted by atomic mass is 10.1. The van der Waals surface area contributed by atoms with Crippen molar-refractivity contribution in [1.82, 2.24) is 19.7 Å². The third kappa shape index (κ3) is 2.81. The molecular weight excluding hydrogens is 250 g/mol. The highest BCUT2D eigenvalue weighted by Crippen LogP contribution is 2.22. The normalized spacial score (nSPS) is 10.8. The second-order valence-corrected chi connectivity index (χ2v) is 4.78. The van der Waals surface area contributed by atoms with E-state index >= 15 is 0 Å². The molecule has 20 heavy (non-hydrogen) atoms. The van der Waals surface area contributed by atoms with Gasteiger partial charge >= 0.3 is 0 Å². The molecule has 0 atom stereocenters. The van der Waals surface area contributed by atoms with Crippen molar-refractivity contribution in [3.8, 4) is 11.5 Å². The van der Waals surface area contributed by atoms with Gasteiger partial charge in [0.05, 0.1) is 0 Å². The van der Waals surface area contributed by atoms with Crippen LogP contribution in [-0.2, 0) is 13.0 Å². The van der Waals surface area contributed by atoms with Crippen LogP contribution in [0.25, 0.3) is 11.5 Å². The summed E-state index contributed by atoms with van der Waals surface area (Å²) in [6.07, 6.45) is 3.79. The maximum Gasteiger partial charge on any atom is 0.180 e. The second kappa shape index (κ2) is 6.50. The van der Waals surface area contributed by atoms with Gasteiger partial charge in [0, 0.05) is 30.5 Å². The fraction of sp³-hybridized carbons (Fsp3) is 0.533. The molecular formula is C15H23N5. The van der Waals surface area contributed by atoms with E-state index in [9.17, 15) is 0 Å². The molecule has 0 saturated heterocycles. The van der Waals surface area contributed by atoms with Crippen LogP contribution in [0.1, 0.15) is 38.4 Å². The molecule has 5 heteroatoms. The van der Waals surface area contributed by atoms with E-state index in [1.165, 1.54) is 5.56 Å². The lowest BCUT2D eigenvalue weighted by Crippen LogP contribution is -2.10. The Kier molecular flexibility index (Phi) is 4.71. The third-order valence-corrected chi connectivity index (χ3v) is 3.29. The van der Waals surface area contributed by atoms with Gasteiger partial charge in [0.1, 0.15) is 11.5 Å². The van der Waals surface area contributed by atoms with Gasteiger partial charge in [-0.3, -0.25) is 4.68 Å². The molecule has 2 aromatic heterocycles. The fourth-order valence-electron chi connectivity index (χ4n) is 2.36. The van der Waals surface area contributed by atoms with Crippen molar-refractivity contribution in [2.45, 2.75) is 47.1 Å². The molecule has 108 valence electrons. The highest BCUT2D eigenvalue weighted by Gasteiger charge is 2.13. The Labute approximate surface area is 120 Å². The van der Waals surface area contributed by atoms with Gasteiger partial charge in [-0.25, -0.2) is 9.97 Å². The van der Waals surface area contributed by atoms with Gasteiger partial charge in [-0.1, -0.05) is 13.8 Å². The average molecular weight is 273 g/mol. The van der Waals surface area contributed by atoms with Gasteiger partial charge in [-0.05, 0) is 32.8 Å². The van der Waals surface area contributed by atoms with Crippen molar-refractivity contribution in [1.29, 1.82) is 0 Å². The number of nitrogens with one attached hydrogen (secondary N) is 1. The van der Waals surface area contributed by atoms with Gasteiger partial charge in [-0.15, -0.1) is 0 Å². The lowest BCUT2D eigenvalue weighted by molar-refractivity contribution is 0.606. The SMILES string of the molecule is CCCn1nccc1-c1nc(C)c(CC)c(NCC)n1. The summed E-state index contributed by atoms with van der Waals surface area (Å²) < 4.78 is 1.97. The minimum Gasteiger partial charge on any atom is -0.370 e. The summed E-state index contributed by atoms with van der Waals surface area (Å²) in [6.45, 7) is 10.1. The number of hydrogen-bond acceptors (Lipinski definition) is 4. The van der Waals surface area contributed by atoms with E-state index in [4.69, 9.17) is 4.98 Å². The Morgan fingerprint density at radius 1 is 1.20 bits per heavy atom. The molecule has 0 fully saturated rings. The number of aromatic nitrogens is 4. The van der Waals surface area contributed by atoms with E-state index < -0.39 is 0 Å². The number of rotatable bonds is 6. The fourth-order valence-corrected chi connectivity index (χ4v) is 2.36. The molecule has 0 saturated carbocycles. The van der Waals surface area contributed by atoms with Crippen molar-refractivity contribution in [3.05, 3.63) is 23.5 Å². The summed E-state index contributed by atoms with van der Waals surface area (Å²) in [5, 5.41) is 7.69. The van der Waals surface area contributed by atoms with Gasteiger partial charge in [0.15, 0.2) is 5.82 Å². The Hall–Kier alpha value is -1.91. The van der Waals surface area contributed by atoms with Crippen LogP contribution in [0.15, 0.2) is 12.3 Å². The minimum absolute atomic E-state index is 0.751. The summed E-state index contributed by atoms with van der Waals surface area (Å²) in [7, 11) is 0. The van der Waals surface area contributed by atoms with Crippen LogP contribution in [0.2, 0.25) is 0 Å². The van der Waals surface area contributed by atoms with Gasteiger partial charge in [0.25, 0.3) is 0 Å². The third-order valence-electron chi connectivity index (χ3n) is 3.29. The first-order chi connectivity index (χ1) is 9.71. The standard InChI is InChI=1S/C15H23N5/c1-5-10-20-13(8-9-17-20)15-18-11(4)12(6-2)14(19-15)16-7-3/h8-9H,5-7,10H2,1-4H3,(H,16,18,19). The first-order valence-electron chi connectivity index (χ1n) is 7.34. The van der Waals surface area contributed by atoms with Crippen molar-refractivity contribution >= 4 is 5.82 Å². The van der Waals surface area contributed by atoms with Crippen LogP contribution >= 0.6 is 0 Å². The number of hydrogen-bond donors (Lipinski definition) is 1. The highest BCUT2D eigenvalue weighted by atomic mass is 15.3. The Bertz CT molecular complexity index is 574. The number of anilines is 1. The first-order valence-corrected chi connectivity index (χ1v) is 7.34. The number of aryl methyl sites for hydroxylation is 2. The average Bonchev–Trinajstić information content (AvgIpc) is 2.87. The topological polar surface area (TPSA) is 55.6 Å². The smallest absolute Gasteiger partial charge is 0.180 e. The molecule has 0 radical (unpaired) electrons. The molecule has 0 aliphatic heterocycles. The highest BCUT2D eigenvalue weighted by molar-refractivity contribution is 5.56. The van der Waals surface area contributed by atoms with Crippen LogP contribution in [0.5, 0.6) is 0 Å². The molecule has 2 aromatic rings. The van der Waals surface area contributed by atoms with E-state index in [2.05, 4.69) is 36.2 Å². The van der Waals surface area contributed by atoms with E-state index in [0.717, 1.165) is 49.0 Å². The van der Waals surface area contributed by atoms with E-state index in [1.807, 2.05) is 23.9 Å². The summed E-state index contributed by atoms with van der Waals surface area (Å²) in [6, 6.07) is 1.98. The molecule has 0 aliphatic rings. The molecule has 0 bridgehead atoms. The van der Waals surface area contributed by atoms with Gasteiger partial charge < -0.3 is 5.32 Å². The van der Waals surface area contributed by atoms with Crippen molar-refractivity contribution in [2.24, 2.45) is 0 Å². The van der Waals surface area contributed by atoms with Gasteiger partial charge in [-0.2, -0.15) is 5.10 Å². The van der Waals surface area contributed by atoms with Crippen molar-refractivity contribution in [2.75, 3.05) is 11.9 Å². The Morgan fingerprint density at radius 3 is 2.65 bits per heavy atom. The molecule has 0 unspecified atom stereocenters. The van der Waals surface area contributed by atoms with E-state index in [-0.39, 0.29) is 0 Å². The maximum atomic E-state index is 4.70. The first kappa shape index (κ1) is 14.5. The summed E-state index contributed by atoms with van der Waals surface area (Å²) >= 11 is 0. The Balaban J connectivity index is 2.49. The molecule has 1 N–H and O–H groups in total. The van der Waals surface area contributed by atoms with E-state index in [0.29, 0.717) is 0 Å². The van der Waals surface area contributed by atoms with Crippen molar-refractivity contribution in [3.63, 3.8) is 0 Å². The lowest BCUT2D eigenvalue weighted by Gasteiger charge is -2.13. The minimum atomic E-state index is 0.751. The zero-order chi connectivity index (χ0) is 14.5. The molecule has 5 nitrogen and oxygen atoms in total. The van der Waals surface area contributed by atoms with Crippen molar-refractivity contribution < 1.29 is 0 Å². The molecule has 0 aromatic carbocycles. The maximum absolute atomic E-state index is 4.70. The van der Waals surface area contributed by atoms with E-state index in [1.54, 1.807) is 0 Å². The largest absolute Gasteiger partial charge is 0.370 e. The monoisotopic (exact) mass is 273 g/mol. The van der Waals surface area contributed by atoms with Crippen LogP contribution in [0.3, 0.4) is 0 Å². The van der Waals surface area contributed by atoms with Gasteiger partial charge in [0.2, 0.25) is 0 Å². The predicted octanol–water partition coefficient (Wildman–Crippen LogP) is 3.05. The molecule has 0 amide bonds. The van der Waals surface area contributed by atoms with Crippen LogP contribution in [0.4, 0.5) is 5.82 Å². The summed E-state index contributed by atoms with van der Waals surface area (Å²) in [5.41, 5.74) is 3.21.